The summed E-state index contributed by atoms with van der Waals surface area (Å²) >= 11 is 0. The molecule has 0 spiro atoms. The van der Waals surface area contributed by atoms with Crippen LogP contribution in [0.15, 0.2) is 0 Å². The highest BCUT2D eigenvalue weighted by atomic mass is 16.6. The zero-order valence-electron chi connectivity index (χ0n) is 11.3. The van der Waals surface area contributed by atoms with Crippen molar-refractivity contribution < 1.29 is 24.4 Å². The summed E-state index contributed by atoms with van der Waals surface area (Å²) in [6.07, 6.45) is -0.658. The third-order valence-electron chi connectivity index (χ3n) is 2.18. The molecule has 0 rings (SSSR count). The van der Waals surface area contributed by atoms with Gasteiger partial charge in [-0.2, -0.15) is 0 Å². The molecule has 17 heavy (non-hydrogen) atoms. The highest BCUT2D eigenvalue weighted by Gasteiger charge is 2.11. The van der Waals surface area contributed by atoms with Crippen molar-refractivity contribution in [3.63, 3.8) is 0 Å². The highest BCUT2D eigenvalue weighted by Crippen LogP contribution is 2.03. The summed E-state index contributed by atoms with van der Waals surface area (Å²) in [6, 6.07) is 0. The number of hydrogen-bond acceptors (Lipinski definition) is 5. The molecule has 2 N–H and O–H groups in total. The zero-order chi connectivity index (χ0) is 13.3. The van der Waals surface area contributed by atoms with Gasteiger partial charge in [-0.3, -0.25) is 0 Å². The van der Waals surface area contributed by atoms with Gasteiger partial charge in [0.2, 0.25) is 0 Å². The van der Waals surface area contributed by atoms with E-state index in [1.54, 1.807) is 0 Å². The average molecular weight is 250 g/mol. The first-order chi connectivity index (χ1) is 7.99. The van der Waals surface area contributed by atoms with Crippen LogP contribution < -0.4 is 0 Å². The molecule has 0 aliphatic heterocycles. The molecule has 5 heteroatoms. The quantitative estimate of drug-likeness (QED) is 0.571. The van der Waals surface area contributed by atoms with Gasteiger partial charge < -0.3 is 24.4 Å². The molecule has 0 bridgehead atoms. The van der Waals surface area contributed by atoms with E-state index in [1.165, 1.54) is 0 Å². The standard InChI is InChI=1S/C12H26O5/c1-5-11(13)16-9(3)7-15-8-10(4)17-12(14)6-2/h9-14H,5-8H2,1-4H3. The number of aliphatic hydroxyl groups is 2. The SMILES string of the molecule is CCC(O)OC(C)COCC(C)OC(O)CC. The van der Waals surface area contributed by atoms with Gasteiger partial charge in [0.05, 0.1) is 25.4 Å². The topological polar surface area (TPSA) is 68.2 Å². The molecule has 0 aliphatic rings. The van der Waals surface area contributed by atoms with Gasteiger partial charge in [-0.15, -0.1) is 0 Å². The van der Waals surface area contributed by atoms with Crippen LogP contribution in [0.1, 0.15) is 40.5 Å². The molecule has 0 fully saturated rings. The Balaban J connectivity index is 3.55. The van der Waals surface area contributed by atoms with Gasteiger partial charge >= 0.3 is 0 Å². The fourth-order valence-electron chi connectivity index (χ4n) is 1.21. The Kier molecular flexibility index (Phi) is 9.68. The molecular formula is C12H26O5. The minimum atomic E-state index is -0.732. The van der Waals surface area contributed by atoms with E-state index in [4.69, 9.17) is 14.2 Å². The van der Waals surface area contributed by atoms with Crippen molar-refractivity contribution in [1.29, 1.82) is 0 Å². The molecule has 0 saturated heterocycles. The van der Waals surface area contributed by atoms with E-state index in [2.05, 4.69) is 0 Å². The molecule has 0 radical (unpaired) electrons. The molecule has 104 valence electrons. The van der Waals surface area contributed by atoms with E-state index in [-0.39, 0.29) is 12.2 Å². The molecule has 0 aliphatic carbocycles. The molecule has 0 aromatic rings. The van der Waals surface area contributed by atoms with E-state index in [0.717, 1.165) is 0 Å². The van der Waals surface area contributed by atoms with Crippen molar-refractivity contribution >= 4 is 0 Å². The number of hydrogen-bond donors (Lipinski definition) is 2. The van der Waals surface area contributed by atoms with Gasteiger partial charge in [0.25, 0.3) is 0 Å². The van der Waals surface area contributed by atoms with Gasteiger partial charge in [0.15, 0.2) is 12.6 Å². The maximum Gasteiger partial charge on any atom is 0.154 e. The lowest BCUT2D eigenvalue weighted by Crippen LogP contribution is -2.27. The van der Waals surface area contributed by atoms with Crippen LogP contribution >= 0.6 is 0 Å². The lowest BCUT2D eigenvalue weighted by Gasteiger charge is -2.20. The summed E-state index contributed by atoms with van der Waals surface area (Å²) in [6.45, 7) is 8.16. The Morgan fingerprint density at radius 2 is 1.18 bits per heavy atom. The summed E-state index contributed by atoms with van der Waals surface area (Å²) in [5.74, 6) is 0. The molecule has 0 aromatic heterocycles. The van der Waals surface area contributed by atoms with Crippen molar-refractivity contribution in [2.75, 3.05) is 13.2 Å². The van der Waals surface area contributed by atoms with Crippen molar-refractivity contribution in [3.05, 3.63) is 0 Å². The molecule has 4 atom stereocenters. The second-order valence-corrected chi connectivity index (χ2v) is 4.16. The molecule has 5 nitrogen and oxygen atoms in total. The largest absolute Gasteiger partial charge is 0.376 e. The van der Waals surface area contributed by atoms with Crippen LogP contribution in [0.3, 0.4) is 0 Å². The number of ether oxygens (including phenoxy) is 3. The summed E-state index contributed by atoms with van der Waals surface area (Å²) < 4.78 is 15.8. The Bertz CT molecular complexity index is 158. The third-order valence-corrected chi connectivity index (χ3v) is 2.18. The van der Waals surface area contributed by atoms with Crippen LogP contribution in [0.25, 0.3) is 0 Å². The average Bonchev–Trinajstić information content (AvgIpc) is 2.28. The fourth-order valence-corrected chi connectivity index (χ4v) is 1.21. The third kappa shape index (κ3) is 9.50. The maximum absolute atomic E-state index is 9.25. The van der Waals surface area contributed by atoms with Crippen molar-refractivity contribution in [2.24, 2.45) is 0 Å². The van der Waals surface area contributed by atoms with Gasteiger partial charge in [-0.25, -0.2) is 0 Å². The summed E-state index contributed by atoms with van der Waals surface area (Å²) in [7, 11) is 0. The van der Waals surface area contributed by atoms with Gasteiger partial charge in [-0.05, 0) is 26.7 Å². The first-order valence-corrected chi connectivity index (χ1v) is 6.24. The van der Waals surface area contributed by atoms with Crippen LogP contribution in [-0.4, -0.2) is 48.2 Å². The summed E-state index contributed by atoms with van der Waals surface area (Å²) in [4.78, 5) is 0. The highest BCUT2D eigenvalue weighted by molar-refractivity contribution is 4.53. The van der Waals surface area contributed by atoms with Crippen molar-refractivity contribution in [3.8, 4) is 0 Å². The van der Waals surface area contributed by atoms with E-state index in [9.17, 15) is 10.2 Å². The summed E-state index contributed by atoms with van der Waals surface area (Å²) in [5, 5.41) is 18.5. The molecule has 4 unspecified atom stereocenters. The fraction of sp³-hybridized carbons (Fsp3) is 1.00. The normalized spacial score (nSPS) is 18.7. The van der Waals surface area contributed by atoms with Crippen LogP contribution in [0.2, 0.25) is 0 Å². The van der Waals surface area contributed by atoms with E-state index in [0.29, 0.717) is 26.1 Å². The van der Waals surface area contributed by atoms with Crippen LogP contribution in [0.5, 0.6) is 0 Å². The van der Waals surface area contributed by atoms with E-state index < -0.39 is 12.6 Å². The second kappa shape index (κ2) is 9.79. The number of rotatable bonds is 10. The molecule has 0 amide bonds. The van der Waals surface area contributed by atoms with Crippen molar-refractivity contribution in [2.45, 2.75) is 65.3 Å². The smallest absolute Gasteiger partial charge is 0.154 e. The van der Waals surface area contributed by atoms with Gasteiger partial charge in [-0.1, -0.05) is 13.8 Å². The van der Waals surface area contributed by atoms with E-state index >= 15 is 0 Å². The Labute approximate surface area is 104 Å². The molecule has 0 heterocycles. The zero-order valence-corrected chi connectivity index (χ0v) is 11.3. The van der Waals surface area contributed by atoms with E-state index in [1.807, 2.05) is 27.7 Å². The van der Waals surface area contributed by atoms with Crippen molar-refractivity contribution in [1.82, 2.24) is 0 Å². The van der Waals surface area contributed by atoms with Gasteiger partial charge in [0.1, 0.15) is 0 Å². The monoisotopic (exact) mass is 250 g/mol. The van der Waals surface area contributed by atoms with Crippen LogP contribution in [0.4, 0.5) is 0 Å². The van der Waals surface area contributed by atoms with Gasteiger partial charge in [0, 0.05) is 0 Å². The maximum atomic E-state index is 9.25. The number of aliphatic hydroxyl groups excluding tert-OH is 2. The lowest BCUT2D eigenvalue weighted by atomic mass is 10.4. The minimum Gasteiger partial charge on any atom is -0.376 e. The Morgan fingerprint density at radius 1 is 0.824 bits per heavy atom. The predicted molar refractivity (Wildman–Crippen MR) is 64.5 cm³/mol. The van der Waals surface area contributed by atoms with Crippen LogP contribution in [-0.2, 0) is 14.2 Å². The second-order valence-electron chi connectivity index (χ2n) is 4.16. The first kappa shape index (κ1) is 16.8. The molecule has 0 aromatic carbocycles. The summed E-state index contributed by atoms with van der Waals surface area (Å²) in [5.41, 5.74) is 0. The Morgan fingerprint density at radius 3 is 1.47 bits per heavy atom. The Hall–Kier alpha value is -0.200. The minimum absolute atomic E-state index is 0.159. The lowest BCUT2D eigenvalue weighted by molar-refractivity contribution is -0.166. The predicted octanol–water partition coefficient (Wildman–Crippen LogP) is 1.27. The molecule has 0 saturated carbocycles. The van der Waals surface area contributed by atoms with Crippen LogP contribution in [0, 0.1) is 0 Å². The first-order valence-electron chi connectivity index (χ1n) is 6.24. The molecular weight excluding hydrogens is 224 g/mol.